The van der Waals surface area contributed by atoms with Crippen LogP contribution in [-0.2, 0) is 9.53 Å². The Hall–Kier alpha value is -4.00. The Bertz CT molecular complexity index is 982. The van der Waals surface area contributed by atoms with E-state index in [0.717, 1.165) is 22.6 Å². The van der Waals surface area contributed by atoms with Gasteiger partial charge in [-0.2, -0.15) is 0 Å². The second-order valence-electron chi connectivity index (χ2n) is 6.85. The predicted octanol–water partition coefficient (Wildman–Crippen LogP) is 3.78. The van der Waals surface area contributed by atoms with Crippen molar-refractivity contribution in [3.05, 3.63) is 89.5 Å². The molecule has 166 valence electrons. The van der Waals surface area contributed by atoms with E-state index in [0.29, 0.717) is 11.3 Å². The average molecular weight is 435 g/mol. The van der Waals surface area contributed by atoms with Crippen molar-refractivity contribution in [2.45, 2.75) is 6.04 Å². The molecule has 0 aliphatic heterocycles. The number of rotatable bonds is 9. The minimum absolute atomic E-state index is 0.180. The fourth-order valence-corrected chi connectivity index (χ4v) is 3.11. The molecular formula is C25H25NO6. The first-order chi connectivity index (χ1) is 15.5. The highest BCUT2D eigenvalue weighted by atomic mass is 16.5. The first-order valence-electron chi connectivity index (χ1n) is 9.92. The molecule has 3 aromatic rings. The molecule has 3 aromatic carbocycles. The van der Waals surface area contributed by atoms with Gasteiger partial charge in [-0.3, -0.25) is 4.79 Å². The molecule has 7 nitrogen and oxygen atoms in total. The number of carbonyl (C=O) groups is 2. The van der Waals surface area contributed by atoms with Gasteiger partial charge in [0, 0.05) is 0 Å². The van der Waals surface area contributed by atoms with Gasteiger partial charge < -0.3 is 24.3 Å². The molecule has 0 heterocycles. The van der Waals surface area contributed by atoms with E-state index in [-0.39, 0.29) is 18.6 Å². The van der Waals surface area contributed by atoms with Gasteiger partial charge >= 0.3 is 5.97 Å². The van der Waals surface area contributed by atoms with Crippen molar-refractivity contribution < 1.29 is 28.5 Å². The predicted molar refractivity (Wildman–Crippen MR) is 119 cm³/mol. The SMILES string of the molecule is COC(=O)c1ccc(OCC(=O)NC(c2ccc(OC)cc2)c2ccc(OC)cc2)cc1. The molecule has 0 aliphatic rings. The topological polar surface area (TPSA) is 83.1 Å². The van der Waals surface area contributed by atoms with Gasteiger partial charge in [-0.1, -0.05) is 24.3 Å². The highest BCUT2D eigenvalue weighted by Gasteiger charge is 2.18. The number of hydrogen-bond donors (Lipinski definition) is 1. The molecule has 0 radical (unpaired) electrons. The molecule has 0 bridgehead atoms. The van der Waals surface area contributed by atoms with Crippen LogP contribution in [0.4, 0.5) is 0 Å². The van der Waals surface area contributed by atoms with Gasteiger partial charge in [0.15, 0.2) is 6.61 Å². The third-order valence-electron chi connectivity index (χ3n) is 4.85. The minimum atomic E-state index is -0.434. The Morgan fingerprint density at radius 1 is 0.719 bits per heavy atom. The zero-order valence-electron chi connectivity index (χ0n) is 18.2. The summed E-state index contributed by atoms with van der Waals surface area (Å²) in [6.07, 6.45) is 0. The van der Waals surface area contributed by atoms with Crippen molar-refractivity contribution >= 4 is 11.9 Å². The van der Waals surface area contributed by atoms with E-state index in [1.807, 2.05) is 48.5 Å². The quantitative estimate of drug-likeness (QED) is 0.515. The van der Waals surface area contributed by atoms with Crippen LogP contribution in [0.25, 0.3) is 0 Å². The molecule has 32 heavy (non-hydrogen) atoms. The van der Waals surface area contributed by atoms with E-state index in [2.05, 4.69) is 10.1 Å². The van der Waals surface area contributed by atoms with Crippen LogP contribution in [0.1, 0.15) is 27.5 Å². The van der Waals surface area contributed by atoms with Crippen LogP contribution in [0.3, 0.4) is 0 Å². The fraction of sp³-hybridized carbons (Fsp3) is 0.200. The summed E-state index contributed by atoms with van der Waals surface area (Å²) in [6, 6.07) is 21.0. The smallest absolute Gasteiger partial charge is 0.337 e. The number of benzene rings is 3. The molecule has 0 atom stereocenters. The average Bonchev–Trinajstić information content (AvgIpc) is 2.86. The second-order valence-corrected chi connectivity index (χ2v) is 6.85. The fourth-order valence-electron chi connectivity index (χ4n) is 3.11. The number of nitrogens with one attached hydrogen (secondary N) is 1. The molecule has 0 aromatic heterocycles. The van der Waals surface area contributed by atoms with Crippen LogP contribution in [-0.4, -0.2) is 39.8 Å². The molecule has 1 amide bonds. The molecule has 0 saturated heterocycles. The number of esters is 1. The maximum absolute atomic E-state index is 12.7. The lowest BCUT2D eigenvalue weighted by Crippen LogP contribution is -2.33. The van der Waals surface area contributed by atoms with E-state index in [1.165, 1.54) is 7.11 Å². The number of amides is 1. The van der Waals surface area contributed by atoms with Crippen LogP contribution in [0.15, 0.2) is 72.8 Å². The van der Waals surface area contributed by atoms with Gasteiger partial charge in [-0.05, 0) is 59.7 Å². The first kappa shape index (κ1) is 22.7. The van der Waals surface area contributed by atoms with Crippen molar-refractivity contribution in [2.75, 3.05) is 27.9 Å². The van der Waals surface area contributed by atoms with Crippen LogP contribution in [0.5, 0.6) is 17.2 Å². The Balaban J connectivity index is 1.71. The first-order valence-corrected chi connectivity index (χ1v) is 9.92. The normalized spacial score (nSPS) is 10.4. The molecule has 3 rings (SSSR count). The molecule has 7 heteroatoms. The van der Waals surface area contributed by atoms with Gasteiger partial charge in [-0.25, -0.2) is 4.79 Å². The summed E-state index contributed by atoms with van der Waals surface area (Å²) < 4.78 is 20.7. The number of methoxy groups -OCH3 is 3. The summed E-state index contributed by atoms with van der Waals surface area (Å²) in [7, 11) is 4.53. The third kappa shape index (κ3) is 5.78. The third-order valence-corrected chi connectivity index (χ3v) is 4.85. The molecule has 0 saturated carbocycles. The number of carbonyl (C=O) groups excluding carboxylic acids is 2. The lowest BCUT2D eigenvalue weighted by atomic mass is 9.98. The van der Waals surface area contributed by atoms with E-state index in [4.69, 9.17) is 14.2 Å². The van der Waals surface area contributed by atoms with Crippen LogP contribution in [0, 0.1) is 0 Å². The van der Waals surface area contributed by atoms with Gasteiger partial charge in [0.2, 0.25) is 0 Å². The molecular weight excluding hydrogens is 410 g/mol. The summed E-state index contributed by atoms with van der Waals surface area (Å²) in [5.41, 5.74) is 2.20. The Kier molecular flexibility index (Phi) is 7.70. The monoisotopic (exact) mass is 435 g/mol. The highest BCUT2D eigenvalue weighted by Crippen LogP contribution is 2.26. The van der Waals surface area contributed by atoms with Crippen molar-refractivity contribution in [1.29, 1.82) is 0 Å². The lowest BCUT2D eigenvalue weighted by molar-refractivity contribution is -0.123. The van der Waals surface area contributed by atoms with Gasteiger partial charge in [-0.15, -0.1) is 0 Å². The van der Waals surface area contributed by atoms with E-state index >= 15 is 0 Å². The standard InChI is InChI=1S/C25H25NO6/c1-29-20-10-4-17(5-11-20)24(18-6-12-21(30-2)13-7-18)26-23(27)16-32-22-14-8-19(9-15-22)25(28)31-3/h4-15,24H,16H2,1-3H3,(H,26,27). The Labute approximate surface area is 186 Å². The summed E-state index contributed by atoms with van der Waals surface area (Å²) in [5.74, 6) is 1.20. The van der Waals surface area contributed by atoms with Crippen LogP contribution >= 0.6 is 0 Å². The number of ether oxygens (including phenoxy) is 4. The van der Waals surface area contributed by atoms with Crippen molar-refractivity contribution in [2.24, 2.45) is 0 Å². The Morgan fingerprint density at radius 3 is 1.62 bits per heavy atom. The van der Waals surface area contributed by atoms with E-state index < -0.39 is 5.97 Å². The van der Waals surface area contributed by atoms with Gasteiger partial charge in [0.1, 0.15) is 17.2 Å². The summed E-state index contributed by atoms with van der Waals surface area (Å²) in [4.78, 5) is 24.2. The molecule has 1 N–H and O–H groups in total. The molecule has 0 aliphatic carbocycles. The maximum Gasteiger partial charge on any atom is 0.337 e. The molecule has 0 fully saturated rings. The van der Waals surface area contributed by atoms with E-state index in [9.17, 15) is 9.59 Å². The van der Waals surface area contributed by atoms with Gasteiger partial charge in [0.05, 0.1) is 32.9 Å². The highest BCUT2D eigenvalue weighted by molar-refractivity contribution is 5.89. The van der Waals surface area contributed by atoms with E-state index in [1.54, 1.807) is 38.5 Å². The van der Waals surface area contributed by atoms with Crippen molar-refractivity contribution in [3.8, 4) is 17.2 Å². The lowest BCUT2D eigenvalue weighted by Gasteiger charge is -2.20. The Morgan fingerprint density at radius 2 is 1.19 bits per heavy atom. The van der Waals surface area contributed by atoms with Crippen LogP contribution < -0.4 is 19.5 Å². The minimum Gasteiger partial charge on any atom is -0.497 e. The maximum atomic E-state index is 12.7. The summed E-state index contributed by atoms with van der Waals surface area (Å²) in [5, 5.41) is 3.01. The zero-order valence-corrected chi connectivity index (χ0v) is 18.2. The van der Waals surface area contributed by atoms with Gasteiger partial charge in [0.25, 0.3) is 5.91 Å². The largest absolute Gasteiger partial charge is 0.497 e. The second kappa shape index (κ2) is 10.9. The molecule has 0 spiro atoms. The van der Waals surface area contributed by atoms with Crippen molar-refractivity contribution in [1.82, 2.24) is 5.32 Å². The zero-order chi connectivity index (χ0) is 22.9. The van der Waals surface area contributed by atoms with Crippen LogP contribution in [0.2, 0.25) is 0 Å². The summed E-state index contributed by atoms with van der Waals surface area (Å²) >= 11 is 0. The summed E-state index contributed by atoms with van der Waals surface area (Å²) in [6.45, 7) is -0.180. The van der Waals surface area contributed by atoms with Crippen molar-refractivity contribution in [3.63, 3.8) is 0 Å². The molecule has 0 unspecified atom stereocenters. The number of hydrogen-bond acceptors (Lipinski definition) is 6.